The Bertz CT molecular complexity index is 1300. The highest BCUT2D eigenvalue weighted by atomic mass is 79.9. The molecule has 0 aromatic heterocycles. The van der Waals surface area contributed by atoms with Crippen LogP contribution in [0.3, 0.4) is 0 Å². The molecule has 4 bridgehead atoms. The van der Waals surface area contributed by atoms with Gasteiger partial charge in [-0.1, -0.05) is 27.5 Å². The van der Waals surface area contributed by atoms with Crippen molar-refractivity contribution in [1.29, 1.82) is 0 Å². The van der Waals surface area contributed by atoms with E-state index in [-0.39, 0.29) is 41.7 Å². The van der Waals surface area contributed by atoms with Gasteiger partial charge in [-0.15, -0.1) is 0 Å². The van der Waals surface area contributed by atoms with Crippen LogP contribution in [0.2, 0.25) is 5.02 Å². The standard InChI is InChI=1S/C26H22BrClF4N2O2/c27-14-4-17-20(21(34-22(17)35)16-6-15(29)1-2-18(16)28)19(5-14)33-23(36)24-7-12-3-13(8-24)10-25(9-12,11-24)26(30,31)32/h1-2,4-6,12-13,21H,3,7-11H2,(H,33,36)(H,34,35). The molecule has 5 aliphatic rings. The van der Waals surface area contributed by atoms with E-state index < -0.39 is 40.7 Å². The summed E-state index contributed by atoms with van der Waals surface area (Å²) in [5.41, 5.74) is -1.61. The summed E-state index contributed by atoms with van der Waals surface area (Å²) in [5, 5.41) is 5.93. The lowest BCUT2D eigenvalue weighted by Crippen LogP contribution is -2.60. The zero-order chi connectivity index (χ0) is 25.6. The molecule has 10 heteroatoms. The quantitative estimate of drug-likeness (QED) is 0.376. The minimum Gasteiger partial charge on any atom is -0.341 e. The average molecular weight is 586 g/mol. The molecule has 7 rings (SSSR count). The Morgan fingerprint density at radius 1 is 1.11 bits per heavy atom. The number of rotatable bonds is 3. The molecule has 4 saturated carbocycles. The molecule has 2 amide bonds. The minimum absolute atomic E-state index is 0.0902. The van der Waals surface area contributed by atoms with Crippen molar-refractivity contribution in [2.24, 2.45) is 22.7 Å². The predicted octanol–water partition coefficient (Wildman–Crippen LogP) is 7.16. The molecule has 2 N–H and O–H groups in total. The van der Waals surface area contributed by atoms with Gasteiger partial charge in [-0.2, -0.15) is 13.2 Å². The lowest BCUT2D eigenvalue weighted by molar-refractivity contribution is -0.283. The van der Waals surface area contributed by atoms with Crippen molar-refractivity contribution < 1.29 is 27.2 Å². The Morgan fingerprint density at radius 2 is 1.81 bits per heavy atom. The van der Waals surface area contributed by atoms with Crippen LogP contribution >= 0.6 is 27.5 Å². The number of carbonyl (C=O) groups is 2. The molecule has 1 aliphatic heterocycles. The van der Waals surface area contributed by atoms with Crippen LogP contribution in [0.4, 0.5) is 23.2 Å². The normalized spacial score (nSPS) is 32.4. The third kappa shape index (κ3) is 3.60. The molecular formula is C26H22BrClF4N2O2. The zero-order valence-corrected chi connectivity index (χ0v) is 21.3. The summed E-state index contributed by atoms with van der Waals surface area (Å²) in [4.78, 5) is 26.6. The monoisotopic (exact) mass is 584 g/mol. The van der Waals surface area contributed by atoms with E-state index in [4.69, 9.17) is 11.6 Å². The second kappa shape index (κ2) is 7.93. The van der Waals surface area contributed by atoms with Gasteiger partial charge >= 0.3 is 6.18 Å². The number of amides is 2. The highest BCUT2D eigenvalue weighted by Crippen LogP contribution is 2.69. The summed E-state index contributed by atoms with van der Waals surface area (Å²) in [6, 6.07) is 6.21. The lowest BCUT2D eigenvalue weighted by atomic mass is 9.43. The lowest BCUT2D eigenvalue weighted by Gasteiger charge is -2.61. The highest BCUT2D eigenvalue weighted by Gasteiger charge is 2.69. The molecular weight excluding hydrogens is 564 g/mol. The molecule has 36 heavy (non-hydrogen) atoms. The van der Waals surface area contributed by atoms with Crippen molar-refractivity contribution in [2.45, 2.75) is 50.7 Å². The van der Waals surface area contributed by atoms with Crippen molar-refractivity contribution in [3.05, 3.63) is 62.3 Å². The number of anilines is 1. The van der Waals surface area contributed by atoms with Gasteiger partial charge in [-0.25, -0.2) is 4.39 Å². The van der Waals surface area contributed by atoms with E-state index in [0.29, 0.717) is 34.1 Å². The molecule has 3 unspecified atom stereocenters. The van der Waals surface area contributed by atoms with Gasteiger partial charge in [0.25, 0.3) is 5.91 Å². The Hall–Kier alpha value is -2.13. The molecule has 1 heterocycles. The fraction of sp³-hybridized carbons (Fsp3) is 0.462. The van der Waals surface area contributed by atoms with E-state index in [1.807, 2.05) is 0 Å². The third-order valence-corrected chi connectivity index (χ3v) is 9.42. The predicted molar refractivity (Wildman–Crippen MR) is 129 cm³/mol. The molecule has 3 atom stereocenters. The molecule has 4 nitrogen and oxygen atoms in total. The van der Waals surface area contributed by atoms with E-state index >= 15 is 0 Å². The van der Waals surface area contributed by atoms with E-state index in [0.717, 1.165) is 6.42 Å². The van der Waals surface area contributed by atoms with Crippen molar-refractivity contribution in [3.8, 4) is 0 Å². The van der Waals surface area contributed by atoms with E-state index in [1.54, 1.807) is 12.1 Å². The SMILES string of the molecule is O=C1NC(c2cc(F)ccc2Cl)c2c(NC(=O)C34CC5CC(C3)CC(C(F)(F)F)(C5)C4)cc(Br)cc21. The molecule has 0 spiro atoms. The average Bonchev–Trinajstić information content (AvgIpc) is 3.10. The first kappa shape index (κ1) is 24.2. The van der Waals surface area contributed by atoms with Crippen LogP contribution in [0, 0.1) is 28.5 Å². The van der Waals surface area contributed by atoms with E-state index in [9.17, 15) is 27.2 Å². The third-order valence-electron chi connectivity index (χ3n) is 8.61. The fourth-order valence-electron chi connectivity index (χ4n) is 7.59. The van der Waals surface area contributed by atoms with Gasteiger partial charge in [-0.3, -0.25) is 9.59 Å². The van der Waals surface area contributed by atoms with Crippen LogP contribution in [0.5, 0.6) is 0 Å². The van der Waals surface area contributed by atoms with Gasteiger partial charge in [-0.05, 0) is 80.7 Å². The van der Waals surface area contributed by atoms with Crippen LogP contribution in [0.15, 0.2) is 34.8 Å². The molecule has 0 radical (unpaired) electrons. The number of halogens is 6. The van der Waals surface area contributed by atoms with Gasteiger partial charge in [0.05, 0.1) is 16.9 Å². The van der Waals surface area contributed by atoms with Gasteiger partial charge in [0.15, 0.2) is 0 Å². The Kier molecular flexibility index (Phi) is 5.34. The second-order valence-electron chi connectivity index (χ2n) is 11.0. The molecule has 190 valence electrons. The summed E-state index contributed by atoms with van der Waals surface area (Å²) < 4.78 is 57.2. The maximum Gasteiger partial charge on any atom is 0.394 e. The Balaban J connectivity index is 1.39. The topological polar surface area (TPSA) is 58.2 Å². The van der Waals surface area contributed by atoms with Gasteiger partial charge in [0, 0.05) is 31.9 Å². The van der Waals surface area contributed by atoms with Crippen LogP contribution < -0.4 is 10.6 Å². The van der Waals surface area contributed by atoms with Gasteiger partial charge in [0.2, 0.25) is 5.91 Å². The Labute approximate surface area is 218 Å². The summed E-state index contributed by atoms with van der Waals surface area (Å²) in [7, 11) is 0. The van der Waals surface area contributed by atoms with Gasteiger partial charge < -0.3 is 10.6 Å². The summed E-state index contributed by atoms with van der Waals surface area (Å²) in [6.07, 6.45) is -2.80. The molecule has 4 fully saturated rings. The maximum atomic E-state index is 14.2. The van der Waals surface area contributed by atoms with Crippen molar-refractivity contribution >= 4 is 45.0 Å². The first-order chi connectivity index (χ1) is 16.9. The molecule has 2 aromatic carbocycles. The first-order valence-electron chi connectivity index (χ1n) is 11.9. The molecule has 2 aromatic rings. The highest BCUT2D eigenvalue weighted by molar-refractivity contribution is 9.10. The summed E-state index contributed by atoms with van der Waals surface area (Å²) >= 11 is 9.70. The van der Waals surface area contributed by atoms with E-state index in [2.05, 4.69) is 26.6 Å². The number of hydrogen-bond donors (Lipinski definition) is 2. The van der Waals surface area contributed by atoms with E-state index in [1.165, 1.54) is 18.2 Å². The number of carbonyl (C=O) groups excluding carboxylic acids is 2. The first-order valence-corrected chi connectivity index (χ1v) is 13.0. The van der Waals surface area contributed by atoms with Gasteiger partial charge in [0.1, 0.15) is 5.82 Å². The van der Waals surface area contributed by atoms with Crippen LogP contribution in [0.1, 0.15) is 66.1 Å². The summed E-state index contributed by atoms with van der Waals surface area (Å²) in [6.45, 7) is 0. The Morgan fingerprint density at radius 3 is 2.47 bits per heavy atom. The van der Waals surface area contributed by atoms with Crippen molar-refractivity contribution in [1.82, 2.24) is 5.32 Å². The van der Waals surface area contributed by atoms with Crippen LogP contribution in [-0.4, -0.2) is 18.0 Å². The molecule has 0 saturated heterocycles. The number of nitrogens with one attached hydrogen (secondary N) is 2. The number of benzene rings is 2. The maximum absolute atomic E-state index is 14.2. The number of hydrogen-bond acceptors (Lipinski definition) is 2. The number of alkyl halides is 3. The fourth-order valence-corrected chi connectivity index (χ4v) is 8.27. The second-order valence-corrected chi connectivity index (χ2v) is 12.3. The zero-order valence-electron chi connectivity index (χ0n) is 18.9. The van der Waals surface area contributed by atoms with Crippen LogP contribution in [-0.2, 0) is 4.79 Å². The molecule has 4 aliphatic carbocycles. The minimum atomic E-state index is -4.36. The smallest absolute Gasteiger partial charge is 0.341 e. The number of fused-ring (bicyclic) bond motifs is 1. The van der Waals surface area contributed by atoms with Crippen molar-refractivity contribution in [3.63, 3.8) is 0 Å². The van der Waals surface area contributed by atoms with Crippen LogP contribution in [0.25, 0.3) is 0 Å². The van der Waals surface area contributed by atoms with Crippen molar-refractivity contribution in [2.75, 3.05) is 5.32 Å². The largest absolute Gasteiger partial charge is 0.394 e. The summed E-state index contributed by atoms with van der Waals surface area (Å²) in [5.74, 6) is -1.67.